The van der Waals surface area contributed by atoms with E-state index in [-0.39, 0.29) is 11.4 Å². The molecule has 17 heavy (non-hydrogen) atoms. The predicted octanol–water partition coefficient (Wildman–Crippen LogP) is 3.22. The minimum atomic E-state index is -1.22. The van der Waals surface area contributed by atoms with E-state index in [0.717, 1.165) is 10.6 Å². The summed E-state index contributed by atoms with van der Waals surface area (Å²) in [5, 5.41) is 8.94. The average Bonchev–Trinajstić information content (AvgIpc) is 2.64. The summed E-state index contributed by atoms with van der Waals surface area (Å²) in [6.07, 6.45) is 1.36. The summed E-state index contributed by atoms with van der Waals surface area (Å²) < 4.78 is 28.1. The van der Waals surface area contributed by atoms with Crippen LogP contribution in [0.5, 0.6) is 0 Å². The second-order valence-electron chi connectivity index (χ2n) is 3.29. The molecule has 1 aromatic carbocycles. The third-order valence-corrected chi connectivity index (χ3v) is 2.63. The highest BCUT2D eigenvalue weighted by Crippen LogP contribution is 2.23. The SMILES string of the molecule is O=C(O)c1cc(Br)cn1-c1cccc(F)c1F. The summed E-state index contributed by atoms with van der Waals surface area (Å²) in [7, 11) is 0. The number of hydrogen-bond acceptors (Lipinski definition) is 1. The Morgan fingerprint density at radius 3 is 2.71 bits per heavy atom. The molecule has 0 aliphatic heterocycles. The Balaban J connectivity index is 2.68. The molecule has 0 saturated carbocycles. The van der Waals surface area contributed by atoms with E-state index in [1.54, 1.807) is 0 Å². The van der Waals surface area contributed by atoms with Gasteiger partial charge in [0.25, 0.3) is 0 Å². The van der Waals surface area contributed by atoms with Crippen molar-refractivity contribution in [3.05, 3.63) is 52.3 Å². The van der Waals surface area contributed by atoms with Crippen LogP contribution in [0.15, 0.2) is 34.9 Å². The van der Waals surface area contributed by atoms with Crippen molar-refractivity contribution in [3.63, 3.8) is 0 Å². The lowest BCUT2D eigenvalue weighted by atomic mass is 10.3. The minimum absolute atomic E-state index is 0.145. The van der Waals surface area contributed by atoms with E-state index in [9.17, 15) is 13.6 Å². The van der Waals surface area contributed by atoms with E-state index in [2.05, 4.69) is 15.9 Å². The highest BCUT2D eigenvalue weighted by molar-refractivity contribution is 9.10. The number of aromatic nitrogens is 1. The fraction of sp³-hybridized carbons (Fsp3) is 0. The molecule has 0 unspecified atom stereocenters. The van der Waals surface area contributed by atoms with Crippen molar-refractivity contribution < 1.29 is 18.7 Å². The molecule has 0 spiro atoms. The predicted molar refractivity (Wildman–Crippen MR) is 60.3 cm³/mol. The maximum Gasteiger partial charge on any atom is 0.352 e. The highest BCUT2D eigenvalue weighted by atomic mass is 79.9. The zero-order chi connectivity index (χ0) is 12.6. The summed E-state index contributed by atoms with van der Waals surface area (Å²) in [5.41, 5.74) is -0.297. The van der Waals surface area contributed by atoms with E-state index < -0.39 is 17.6 Å². The standard InChI is InChI=1S/C11H6BrF2NO2/c12-6-4-9(11(16)17)15(5-6)8-3-1-2-7(13)10(8)14/h1-5H,(H,16,17). The molecule has 2 rings (SSSR count). The van der Waals surface area contributed by atoms with E-state index in [1.165, 1.54) is 24.4 Å². The van der Waals surface area contributed by atoms with E-state index in [4.69, 9.17) is 5.11 Å². The molecule has 0 atom stereocenters. The van der Waals surface area contributed by atoms with Gasteiger partial charge in [-0.05, 0) is 34.1 Å². The number of carbonyl (C=O) groups is 1. The molecule has 1 N–H and O–H groups in total. The van der Waals surface area contributed by atoms with Crippen molar-refractivity contribution in [1.29, 1.82) is 0 Å². The molecule has 88 valence electrons. The molecule has 0 saturated heterocycles. The van der Waals surface area contributed by atoms with Crippen molar-refractivity contribution in [3.8, 4) is 5.69 Å². The number of nitrogens with zero attached hydrogens (tertiary/aromatic N) is 1. The fourth-order valence-corrected chi connectivity index (χ4v) is 1.89. The van der Waals surface area contributed by atoms with Gasteiger partial charge >= 0.3 is 5.97 Å². The molecule has 2 aromatic rings. The molecule has 1 aromatic heterocycles. The molecule has 0 bridgehead atoms. The zero-order valence-electron chi connectivity index (χ0n) is 8.32. The molecule has 0 aliphatic carbocycles. The molecular weight excluding hydrogens is 296 g/mol. The van der Waals surface area contributed by atoms with E-state index in [0.29, 0.717) is 4.47 Å². The van der Waals surface area contributed by atoms with Gasteiger partial charge in [0.1, 0.15) is 5.69 Å². The second kappa shape index (κ2) is 4.29. The van der Waals surface area contributed by atoms with Crippen molar-refractivity contribution in [2.45, 2.75) is 0 Å². The molecule has 3 nitrogen and oxygen atoms in total. The lowest BCUT2D eigenvalue weighted by molar-refractivity contribution is 0.0688. The zero-order valence-corrected chi connectivity index (χ0v) is 9.91. The van der Waals surface area contributed by atoms with Crippen LogP contribution < -0.4 is 0 Å². The molecule has 6 heteroatoms. The van der Waals surface area contributed by atoms with Gasteiger partial charge in [0.05, 0.1) is 5.69 Å². The first-order valence-corrected chi connectivity index (χ1v) is 5.35. The third kappa shape index (κ3) is 2.08. The summed E-state index contributed by atoms with van der Waals surface area (Å²) in [6, 6.07) is 4.90. The number of rotatable bonds is 2. The van der Waals surface area contributed by atoms with Crippen LogP contribution in [-0.4, -0.2) is 15.6 Å². The highest BCUT2D eigenvalue weighted by Gasteiger charge is 2.17. The first-order valence-electron chi connectivity index (χ1n) is 4.56. The van der Waals surface area contributed by atoms with E-state index >= 15 is 0 Å². The van der Waals surface area contributed by atoms with Crippen LogP contribution in [0.1, 0.15) is 10.5 Å². The lowest BCUT2D eigenvalue weighted by Crippen LogP contribution is -2.07. The Labute approximate surface area is 103 Å². The Bertz CT molecular complexity index is 595. The van der Waals surface area contributed by atoms with Gasteiger partial charge < -0.3 is 9.67 Å². The lowest BCUT2D eigenvalue weighted by Gasteiger charge is -2.07. The van der Waals surface area contributed by atoms with Crippen molar-refractivity contribution in [2.24, 2.45) is 0 Å². The average molecular weight is 302 g/mol. The van der Waals surface area contributed by atoms with Gasteiger partial charge in [-0.15, -0.1) is 0 Å². The Morgan fingerprint density at radius 1 is 1.35 bits per heavy atom. The van der Waals surface area contributed by atoms with Gasteiger partial charge in [0.15, 0.2) is 11.6 Å². The largest absolute Gasteiger partial charge is 0.477 e. The van der Waals surface area contributed by atoms with Crippen molar-refractivity contribution >= 4 is 21.9 Å². The Morgan fingerprint density at radius 2 is 2.06 bits per heavy atom. The monoisotopic (exact) mass is 301 g/mol. The van der Waals surface area contributed by atoms with Gasteiger partial charge in [-0.2, -0.15) is 0 Å². The van der Waals surface area contributed by atoms with Gasteiger partial charge in [-0.3, -0.25) is 0 Å². The van der Waals surface area contributed by atoms with Gasteiger partial charge in [0.2, 0.25) is 0 Å². The number of halogens is 3. The first-order chi connectivity index (χ1) is 8.00. The van der Waals surface area contributed by atoms with Crippen LogP contribution in [0, 0.1) is 11.6 Å². The quantitative estimate of drug-likeness (QED) is 0.925. The van der Waals surface area contributed by atoms with E-state index in [1.807, 2.05) is 0 Å². The second-order valence-corrected chi connectivity index (χ2v) is 4.21. The molecular formula is C11H6BrF2NO2. The van der Waals surface area contributed by atoms with Gasteiger partial charge in [-0.25, -0.2) is 13.6 Å². The molecule has 0 aliphatic rings. The molecule has 0 fully saturated rings. The van der Waals surface area contributed by atoms with Crippen LogP contribution in [-0.2, 0) is 0 Å². The third-order valence-electron chi connectivity index (χ3n) is 2.20. The minimum Gasteiger partial charge on any atom is -0.477 e. The summed E-state index contributed by atoms with van der Waals surface area (Å²) >= 11 is 3.09. The number of carboxylic acid groups (broad SMARTS) is 1. The van der Waals surface area contributed by atoms with Crippen LogP contribution in [0.2, 0.25) is 0 Å². The van der Waals surface area contributed by atoms with Crippen LogP contribution in [0.25, 0.3) is 5.69 Å². The topological polar surface area (TPSA) is 42.2 Å². The van der Waals surface area contributed by atoms with Gasteiger partial charge in [0, 0.05) is 10.7 Å². The summed E-state index contributed by atoms with van der Waals surface area (Å²) in [5.74, 6) is -3.33. The van der Waals surface area contributed by atoms with Gasteiger partial charge in [-0.1, -0.05) is 6.07 Å². The van der Waals surface area contributed by atoms with Crippen LogP contribution in [0.4, 0.5) is 8.78 Å². The number of aromatic carboxylic acids is 1. The van der Waals surface area contributed by atoms with Crippen LogP contribution in [0.3, 0.4) is 0 Å². The fourth-order valence-electron chi connectivity index (χ4n) is 1.47. The summed E-state index contributed by atoms with van der Waals surface area (Å²) in [4.78, 5) is 10.9. The van der Waals surface area contributed by atoms with Crippen molar-refractivity contribution in [2.75, 3.05) is 0 Å². The number of hydrogen-bond donors (Lipinski definition) is 1. The molecule has 0 amide bonds. The molecule has 0 radical (unpaired) electrons. The van der Waals surface area contributed by atoms with Crippen LogP contribution >= 0.6 is 15.9 Å². The maximum atomic E-state index is 13.5. The maximum absolute atomic E-state index is 13.5. The normalized spacial score (nSPS) is 10.5. The molecule has 1 heterocycles. The summed E-state index contributed by atoms with van der Waals surface area (Å²) in [6.45, 7) is 0. The number of carboxylic acids is 1. The first kappa shape index (κ1) is 11.8. The Hall–Kier alpha value is -1.69. The number of benzene rings is 1. The smallest absolute Gasteiger partial charge is 0.352 e. The Kier molecular flexibility index (Phi) is 2.97. The van der Waals surface area contributed by atoms with Crippen molar-refractivity contribution in [1.82, 2.24) is 4.57 Å².